The van der Waals surface area contributed by atoms with E-state index in [1.807, 2.05) is 17.8 Å². The van der Waals surface area contributed by atoms with Crippen LogP contribution in [0.5, 0.6) is 0 Å². The van der Waals surface area contributed by atoms with Crippen LogP contribution in [0.1, 0.15) is 18.4 Å². The lowest BCUT2D eigenvalue weighted by Gasteiger charge is -2.34. The molecule has 2 saturated heterocycles. The van der Waals surface area contributed by atoms with Gasteiger partial charge in [-0.3, -0.25) is 9.89 Å². The van der Waals surface area contributed by atoms with Crippen molar-refractivity contribution < 1.29 is 8.42 Å². The van der Waals surface area contributed by atoms with Gasteiger partial charge in [-0.25, -0.2) is 12.7 Å². The highest BCUT2D eigenvalue weighted by Crippen LogP contribution is 2.14. The third-order valence-corrected chi connectivity index (χ3v) is 8.15. The van der Waals surface area contributed by atoms with Crippen LogP contribution in [-0.4, -0.2) is 86.7 Å². The molecule has 1 atom stereocenters. The van der Waals surface area contributed by atoms with Crippen LogP contribution in [0.15, 0.2) is 35.3 Å². The third kappa shape index (κ3) is 8.18. The number of hydrogen-bond donors (Lipinski definition) is 2. The summed E-state index contributed by atoms with van der Waals surface area (Å²) in [6.07, 6.45) is 2.23. The van der Waals surface area contributed by atoms with E-state index in [0.717, 1.165) is 44.0 Å². The van der Waals surface area contributed by atoms with Gasteiger partial charge < -0.3 is 10.6 Å². The van der Waals surface area contributed by atoms with E-state index in [1.165, 1.54) is 5.56 Å². The number of guanidine groups is 1. The summed E-state index contributed by atoms with van der Waals surface area (Å²) < 4.78 is 26.6. The molecule has 0 radical (unpaired) electrons. The standard InChI is InChI=1S/C20H33N5O2S2.HI/c1-21-20(22-9-15-29(26,27)25-11-13-28-14-12-25)23-19-8-5-10-24(17-19)16-18-6-3-2-4-7-18;/h2-4,6-7,19H,5,8-17H2,1H3,(H2,21,22,23);1H. The van der Waals surface area contributed by atoms with Gasteiger partial charge in [0.15, 0.2) is 5.96 Å². The lowest BCUT2D eigenvalue weighted by atomic mass is 10.0. The molecule has 170 valence electrons. The first-order chi connectivity index (χ1) is 14.1. The van der Waals surface area contributed by atoms with Crippen molar-refractivity contribution in [1.82, 2.24) is 19.8 Å². The number of likely N-dealkylation sites (tertiary alicyclic amines) is 1. The van der Waals surface area contributed by atoms with E-state index in [2.05, 4.69) is 44.8 Å². The zero-order chi connectivity index (χ0) is 20.5. The van der Waals surface area contributed by atoms with Crippen LogP contribution in [0.3, 0.4) is 0 Å². The van der Waals surface area contributed by atoms with Gasteiger partial charge in [-0.15, -0.1) is 24.0 Å². The molecule has 0 saturated carbocycles. The van der Waals surface area contributed by atoms with Crippen LogP contribution in [0, 0.1) is 0 Å². The predicted molar refractivity (Wildman–Crippen MR) is 137 cm³/mol. The summed E-state index contributed by atoms with van der Waals surface area (Å²) in [6, 6.07) is 10.9. The van der Waals surface area contributed by atoms with Crippen LogP contribution >= 0.6 is 35.7 Å². The quantitative estimate of drug-likeness (QED) is 0.298. The highest BCUT2D eigenvalue weighted by molar-refractivity contribution is 14.0. The van der Waals surface area contributed by atoms with Gasteiger partial charge >= 0.3 is 0 Å². The lowest BCUT2D eigenvalue weighted by molar-refractivity contribution is 0.192. The number of benzene rings is 1. The lowest BCUT2D eigenvalue weighted by Crippen LogP contribution is -2.51. The summed E-state index contributed by atoms with van der Waals surface area (Å²) in [5.41, 5.74) is 1.33. The van der Waals surface area contributed by atoms with Gasteiger partial charge in [-0.05, 0) is 24.9 Å². The molecular weight excluding hydrogens is 533 g/mol. The topological polar surface area (TPSA) is 77.0 Å². The Morgan fingerprint density at radius 2 is 1.93 bits per heavy atom. The van der Waals surface area contributed by atoms with Crippen molar-refractivity contribution in [2.24, 2.45) is 4.99 Å². The van der Waals surface area contributed by atoms with Gasteiger partial charge in [0, 0.05) is 57.3 Å². The second-order valence-electron chi connectivity index (χ2n) is 7.53. The summed E-state index contributed by atoms with van der Waals surface area (Å²) in [6.45, 7) is 4.63. The fourth-order valence-corrected chi connectivity index (χ4v) is 6.29. The molecule has 1 aromatic carbocycles. The van der Waals surface area contributed by atoms with E-state index >= 15 is 0 Å². The van der Waals surface area contributed by atoms with Crippen molar-refractivity contribution >= 4 is 51.7 Å². The van der Waals surface area contributed by atoms with Crippen molar-refractivity contribution in [1.29, 1.82) is 0 Å². The Morgan fingerprint density at radius 3 is 2.63 bits per heavy atom. The average Bonchev–Trinajstić information content (AvgIpc) is 2.74. The highest BCUT2D eigenvalue weighted by atomic mass is 127. The molecule has 7 nitrogen and oxygen atoms in total. The number of hydrogen-bond acceptors (Lipinski definition) is 5. The van der Waals surface area contributed by atoms with Crippen LogP contribution in [0.4, 0.5) is 0 Å². The number of nitrogens with zero attached hydrogens (tertiary/aromatic N) is 3. The molecule has 2 aliphatic heterocycles. The van der Waals surface area contributed by atoms with Crippen LogP contribution in [0.25, 0.3) is 0 Å². The number of sulfonamides is 1. The monoisotopic (exact) mass is 567 g/mol. The second-order valence-corrected chi connectivity index (χ2v) is 10.8. The van der Waals surface area contributed by atoms with E-state index in [4.69, 9.17) is 0 Å². The third-order valence-electron chi connectivity index (χ3n) is 5.33. The largest absolute Gasteiger partial charge is 0.355 e. The number of halogens is 1. The zero-order valence-corrected chi connectivity index (χ0v) is 21.6. The molecule has 0 spiro atoms. The molecule has 3 rings (SSSR count). The van der Waals surface area contributed by atoms with Crippen LogP contribution in [-0.2, 0) is 16.6 Å². The average molecular weight is 568 g/mol. The Hall–Kier alpha value is -0.560. The highest BCUT2D eigenvalue weighted by Gasteiger charge is 2.24. The van der Waals surface area contributed by atoms with E-state index < -0.39 is 10.0 Å². The maximum atomic E-state index is 12.5. The maximum absolute atomic E-state index is 12.5. The fourth-order valence-electron chi connectivity index (χ4n) is 3.80. The molecule has 0 aliphatic carbocycles. The SMILES string of the molecule is CN=C(NCCS(=O)(=O)N1CCSCC1)NC1CCCN(Cc2ccccc2)C1.I. The minimum absolute atomic E-state index is 0. The molecule has 10 heteroatoms. The molecule has 1 aromatic rings. The molecule has 2 heterocycles. The predicted octanol–water partition coefficient (Wildman–Crippen LogP) is 1.81. The Bertz CT molecular complexity index is 758. The van der Waals surface area contributed by atoms with Gasteiger partial charge in [0.2, 0.25) is 10.0 Å². The summed E-state index contributed by atoms with van der Waals surface area (Å²) in [5.74, 6) is 2.55. The van der Waals surface area contributed by atoms with Gasteiger partial charge in [-0.1, -0.05) is 30.3 Å². The van der Waals surface area contributed by atoms with Crippen molar-refractivity contribution in [2.75, 3.05) is 57.0 Å². The Balaban J connectivity index is 0.00000320. The Labute approximate surface area is 202 Å². The molecule has 0 aromatic heterocycles. The smallest absolute Gasteiger partial charge is 0.215 e. The van der Waals surface area contributed by atoms with Crippen molar-refractivity contribution in [2.45, 2.75) is 25.4 Å². The minimum atomic E-state index is -3.20. The number of rotatable bonds is 7. The van der Waals surface area contributed by atoms with E-state index in [9.17, 15) is 8.42 Å². The maximum Gasteiger partial charge on any atom is 0.215 e. The van der Waals surface area contributed by atoms with Crippen LogP contribution < -0.4 is 10.6 Å². The minimum Gasteiger partial charge on any atom is -0.355 e. The van der Waals surface area contributed by atoms with Gasteiger partial charge in [0.25, 0.3) is 0 Å². The Morgan fingerprint density at radius 1 is 1.20 bits per heavy atom. The number of thioether (sulfide) groups is 1. The summed E-state index contributed by atoms with van der Waals surface area (Å²) in [4.78, 5) is 6.75. The summed E-state index contributed by atoms with van der Waals surface area (Å²) in [7, 11) is -1.46. The summed E-state index contributed by atoms with van der Waals surface area (Å²) in [5, 5.41) is 6.66. The zero-order valence-electron chi connectivity index (χ0n) is 17.6. The molecule has 2 N–H and O–H groups in total. The first kappa shape index (κ1) is 25.7. The normalized spacial score (nSPS) is 21.6. The van der Waals surface area contributed by atoms with E-state index in [-0.39, 0.29) is 29.7 Å². The van der Waals surface area contributed by atoms with Crippen molar-refractivity contribution in [3.63, 3.8) is 0 Å². The molecule has 1 unspecified atom stereocenters. The van der Waals surface area contributed by atoms with Crippen molar-refractivity contribution in [3.05, 3.63) is 35.9 Å². The Kier molecular flexibility index (Phi) is 11.2. The number of aliphatic imine (C=N–C) groups is 1. The molecular formula is C20H34IN5O2S2. The number of piperidine rings is 1. The van der Waals surface area contributed by atoms with Crippen molar-refractivity contribution in [3.8, 4) is 0 Å². The summed E-state index contributed by atoms with van der Waals surface area (Å²) >= 11 is 1.81. The first-order valence-corrected chi connectivity index (χ1v) is 13.1. The first-order valence-electron chi connectivity index (χ1n) is 10.4. The van der Waals surface area contributed by atoms with Gasteiger partial charge in [-0.2, -0.15) is 11.8 Å². The molecule has 0 bridgehead atoms. The molecule has 2 fully saturated rings. The van der Waals surface area contributed by atoms with E-state index in [1.54, 1.807) is 11.4 Å². The fraction of sp³-hybridized carbons (Fsp3) is 0.650. The number of nitrogens with one attached hydrogen (secondary N) is 2. The second kappa shape index (κ2) is 13.1. The van der Waals surface area contributed by atoms with E-state index in [0.29, 0.717) is 31.6 Å². The van der Waals surface area contributed by atoms with Crippen LogP contribution in [0.2, 0.25) is 0 Å². The molecule has 30 heavy (non-hydrogen) atoms. The van der Waals surface area contributed by atoms with Gasteiger partial charge in [0.05, 0.1) is 5.75 Å². The molecule has 2 aliphatic rings. The molecule has 0 amide bonds. The van der Waals surface area contributed by atoms with Gasteiger partial charge in [0.1, 0.15) is 0 Å².